The number of esters is 1. The van der Waals surface area contributed by atoms with Crippen molar-refractivity contribution in [1.29, 1.82) is 0 Å². The molecule has 5 nitrogen and oxygen atoms in total. The van der Waals surface area contributed by atoms with Crippen molar-refractivity contribution in [3.05, 3.63) is 41.6 Å². The summed E-state index contributed by atoms with van der Waals surface area (Å²) in [5.74, 6) is -0.354. The van der Waals surface area contributed by atoms with Gasteiger partial charge in [0.1, 0.15) is 18.0 Å². The van der Waals surface area contributed by atoms with Crippen LogP contribution in [-0.2, 0) is 16.2 Å². The fraction of sp³-hybridized carbons (Fsp3) is 0.368. The number of thiophene rings is 1. The lowest BCUT2D eigenvalue weighted by molar-refractivity contribution is 0.0524. The maximum Gasteiger partial charge on any atom is 0.342 e. The number of ether oxygens (including phenoxy) is 2. The van der Waals surface area contributed by atoms with E-state index in [1.807, 2.05) is 0 Å². The zero-order valence-corrected chi connectivity index (χ0v) is 15.6. The second-order valence-electron chi connectivity index (χ2n) is 5.84. The SMILES string of the molecule is CCCOCn1cc(C(=O)OCC)c(-c2cc3cc(C)ccc3s2)n1. The first-order valence-electron chi connectivity index (χ1n) is 8.45. The molecule has 0 atom stereocenters. The number of aryl methyl sites for hydroxylation is 1. The van der Waals surface area contributed by atoms with Crippen LogP contribution in [-0.4, -0.2) is 29.0 Å². The molecule has 0 saturated heterocycles. The lowest BCUT2D eigenvalue weighted by atomic mass is 10.1. The highest BCUT2D eigenvalue weighted by Gasteiger charge is 2.20. The predicted molar refractivity (Wildman–Crippen MR) is 100.0 cm³/mol. The third-order valence-electron chi connectivity index (χ3n) is 3.73. The molecular weight excluding hydrogens is 336 g/mol. The molecule has 0 radical (unpaired) electrons. The van der Waals surface area contributed by atoms with Crippen molar-refractivity contribution < 1.29 is 14.3 Å². The van der Waals surface area contributed by atoms with Gasteiger partial charge in [0.2, 0.25) is 0 Å². The van der Waals surface area contributed by atoms with Gasteiger partial charge in [0.15, 0.2) is 0 Å². The minimum Gasteiger partial charge on any atom is -0.462 e. The Morgan fingerprint density at radius 1 is 1.28 bits per heavy atom. The van der Waals surface area contributed by atoms with Crippen molar-refractivity contribution in [2.24, 2.45) is 0 Å². The van der Waals surface area contributed by atoms with Crippen LogP contribution >= 0.6 is 11.3 Å². The van der Waals surface area contributed by atoms with Gasteiger partial charge in [-0.25, -0.2) is 9.48 Å². The molecule has 0 aliphatic carbocycles. The summed E-state index contributed by atoms with van der Waals surface area (Å²) < 4.78 is 13.6. The van der Waals surface area contributed by atoms with E-state index in [1.54, 1.807) is 29.1 Å². The first-order chi connectivity index (χ1) is 12.1. The number of fused-ring (bicyclic) bond motifs is 1. The molecule has 3 rings (SSSR count). The van der Waals surface area contributed by atoms with E-state index < -0.39 is 0 Å². The zero-order valence-electron chi connectivity index (χ0n) is 14.7. The molecule has 1 aromatic carbocycles. The van der Waals surface area contributed by atoms with E-state index in [9.17, 15) is 4.79 Å². The molecule has 0 aliphatic rings. The van der Waals surface area contributed by atoms with Crippen LogP contribution in [0.25, 0.3) is 20.7 Å². The highest BCUT2D eigenvalue weighted by molar-refractivity contribution is 7.22. The summed E-state index contributed by atoms with van der Waals surface area (Å²) in [6.07, 6.45) is 2.65. The molecule has 6 heteroatoms. The van der Waals surface area contributed by atoms with Crippen LogP contribution in [0.3, 0.4) is 0 Å². The molecule has 2 heterocycles. The van der Waals surface area contributed by atoms with Gasteiger partial charge in [-0.2, -0.15) is 5.10 Å². The van der Waals surface area contributed by atoms with Gasteiger partial charge in [-0.05, 0) is 37.8 Å². The minimum absolute atomic E-state index is 0.324. The van der Waals surface area contributed by atoms with Crippen molar-refractivity contribution >= 4 is 27.4 Å². The molecular formula is C19H22N2O3S. The van der Waals surface area contributed by atoms with Gasteiger partial charge in [0.05, 0.1) is 11.5 Å². The fourth-order valence-corrected chi connectivity index (χ4v) is 3.65. The van der Waals surface area contributed by atoms with Crippen molar-refractivity contribution in [3.8, 4) is 10.6 Å². The first-order valence-corrected chi connectivity index (χ1v) is 9.27. The molecule has 0 fully saturated rings. The number of hydrogen-bond acceptors (Lipinski definition) is 5. The minimum atomic E-state index is -0.354. The van der Waals surface area contributed by atoms with Gasteiger partial charge in [-0.1, -0.05) is 24.6 Å². The molecule has 3 aromatic rings. The third-order valence-corrected chi connectivity index (χ3v) is 4.86. The van der Waals surface area contributed by atoms with Gasteiger partial charge in [0.25, 0.3) is 0 Å². The van der Waals surface area contributed by atoms with E-state index in [0.29, 0.717) is 31.2 Å². The van der Waals surface area contributed by atoms with Crippen LogP contribution in [0.1, 0.15) is 36.2 Å². The van der Waals surface area contributed by atoms with E-state index in [2.05, 4.69) is 43.2 Å². The Hall–Kier alpha value is -2.18. The molecule has 0 spiro atoms. The Bertz CT molecular complexity index is 882. The lowest BCUT2D eigenvalue weighted by Gasteiger charge is -2.01. The highest BCUT2D eigenvalue weighted by atomic mass is 32.1. The molecule has 2 aromatic heterocycles. The summed E-state index contributed by atoms with van der Waals surface area (Å²) in [5.41, 5.74) is 2.34. The van der Waals surface area contributed by atoms with Crippen molar-refractivity contribution in [2.45, 2.75) is 33.9 Å². The van der Waals surface area contributed by atoms with Gasteiger partial charge in [-0.15, -0.1) is 11.3 Å². The largest absolute Gasteiger partial charge is 0.462 e. The third kappa shape index (κ3) is 3.91. The first kappa shape index (κ1) is 17.6. The van der Waals surface area contributed by atoms with E-state index in [1.165, 1.54) is 10.3 Å². The van der Waals surface area contributed by atoms with E-state index >= 15 is 0 Å². The van der Waals surface area contributed by atoms with E-state index in [-0.39, 0.29) is 5.97 Å². The Morgan fingerprint density at radius 3 is 2.88 bits per heavy atom. The zero-order chi connectivity index (χ0) is 17.8. The maximum atomic E-state index is 12.3. The monoisotopic (exact) mass is 358 g/mol. The van der Waals surface area contributed by atoms with Crippen molar-refractivity contribution in [1.82, 2.24) is 9.78 Å². The summed E-state index contributed by atoms with van der Waals surface area (Å²) in [6.45, 7) is 7.24. The molecule has 0 aliphatic heterocycles. The quantitative estimate of drug-likeness (QED) is 0.456. The number of aromatic nitrogens is 2. The number of carbonyl (C=O) groups excluding carboxylic acids is 1. The Kier molecular flexibility index (Phi) is 5.50. The number of rotatable bonds is 7. The smallest absolute Gasteiger partial charge is 0.342 e. The normalized spacial score (nSPS) is 11.2. The lowest BCUT2D eigenvalue weighted by Crippen LogP contribution is -2.05. The van der Waals surface area contributed by atoms with Crippen LogP contribution < -0.4 is 0 Å². The van der Waals surface area contributed by atoms with Gasteiger partial charge in [-0.3, -0.25) is 0 Å². The summed E-state index contributed by atoms with van der Waals surface area (Å²) in [7, 11) is 0. The molecule has 0 bridgehead atoms. The molecule has 0 amide bonds. The number of nitrogens with zero attached hydrogens (tertiary/aromatic N) is 2. The predicted octanol–water partition coefficient (Wildman–Crippen LogP) is 4.63. The second kappa shape index (κ2) is 7.80. The van der Waals surface area contributed by atoms with Crippen LogP contribution in [0.4, 0.5) is 0 Å². The summed E-state index contributed by atoms with van der Waals surface area (Å²) in [6, 6.07) is 8.41. The average Bonchev–Trinajstić information content (AvgIpc) is 3.18. The van der Waals surface area contributed by atoms with Gasteiger partial charge >= 0.3 is 5.97 Å². The second-order valence-corrected chi connectivity index (χ2v) is 6.92. The Balaban J connectivity index is 2.00. The van der Waals surface area contributed by atoms with Crippen LogP contribution in [0.2, 0.25) is 0 Å². The summed E-state index contributed by atoms with van der Waals surface area (Å²) >= 11 is 1.63. The van der Waals surface area contributed by atoms with Crippen molar-refractivity contribution in [2.75, 3.05) is 13.2 Å². The van der Waals surface area contributed by atoms with Gasteiger partial charge in [0, 0.05) is 17.5 Å². The fourth-order valence-electron chi connectivity index (χ4n) is 2.61. The molecule has 0 unspecified atom stereocenters. The Labute approximate surface area is 151 Å². The maximum absolute atomic E-state index is 12.3. The van der Waals surface area contributed by atoms with Gasteiger partial charge < -0.3 is 9.47 Å². The Morgan fingerprint density at radius 2 is 2.12 bits per heavy atom. The molecule has 0 saturated carbocycles. The van der Waals surface area contributed by atoms with Crippen LogP contribution in [0.15, 0.2) is 30.5 Å². The van der Waals surface area contributed by atoms with Crippen molar-refractivity contribution in [3.63, 3.8) is 0 Å². The summed E-state index contributed by atoms with van der Waals surface area (Å²) in [5, 5.41) is 5.73. The molecule has 0 N–H and O–H groups in total. The average molecular weight is 358 g/mol. The van der Waals surface area contributed by atoms with Crippen LogP contribution in [0, 0.1) is 6.92 Å². The van der Waals surface area contributed by atoms with E-state index in [4.69, 9.17) is 9.47 Å². The van der Waals surface area contributed by atoms with Crippen LogP contribution in [0.5, 0.6) is 0 Å². The van der Waals surface area contributed by atoms with E-state index in [0.717, 1.165) is 16.7 Å². The number of hydrogen-bond donors (Lipinski definition) is 0. The standard InChI is InChI=1S/C19H22N2O3S/c1-4-8-23-12-21-11-15(19(22)24-5-2)18(20-21)17-10-14-9-13(3)6-7-16(14)25-17/h6-7,9-11H,4-5,8,12H2,1-3H3. The molecule has 132 valence electrons. The molecule has 25 heavy (non-hydrogen) atoms. The topological polar surface area (TPSA) is 53.4 Å². The summed E-state index contributed by atoms with van der Waals surface area (Å²) in [4.78, 5) is 13.3. The number of benzene rings is 1. The highest BCUT2D eigenvalue weighted by Crippen LogP contribution is 2.35. The number of carbonyl (C=O) groups is 1.